The van der Waals surface area contributed by atoms with Gasteiger partial charge in [-0.25, -0.2) is 0 Å². The maximum absolute atomic E-state index is 12.3. The van der Waals surface area contributed by atoms with Gasteiger partial charge in [0.2, 0.25) is 5.91 Å². The number of nitrogens with zero attached hydrogens (tertiary/aromatic N) is 3. The fraction of sp³-hybridized carbons (Fsp3) is 0.550. The van der Waals surface area contributed by atoms with E-state index in [1.807, 2.05) is 12.1 Å². The van der Waals surface area contributed by atoms with Crippen molar-refractivity contribution in [2.24, 2.45) is 5.92 Å². The molecule has 0 saturated heterocycles. The van der Waals surface area contributed by atoms with Crippen molar-refractivity contribution < 1.29 is 4.79 Å². The number of benzene rings is 1. The molecule has 26 heavy (non-hydrogen) atoms. The second kappa shape index (κ2) is 8.71. The summed E-state index contributed by atoms with van der Waals surface area (Å²) in [5, 5.41) is 12.7. The maximum atomic E-state index is 12.3. The van der Waals surface area contributed by atoms with Gasteiger partial charge in [-0.15, -0.1) is 10.2 Å². The van der Waals surface area contributed by atoms with E-state index in [4.69, 9.17) is 0 Å². The van der Waals surface area contributed by atoms with Gasteiger partial charge in [-0.3, -0.25) is 4.79 Å². The van der Waals surface area contributed by atoms with Crippen LogP contribution in [0.4, 0.5) is 0 Å². The normalized spacial score (nSPS) is 20.1. The largest absolute Gasteiger partial charge is 0.353 e. The first-order valence-corrected chi connectivity index (χ1v) is 10.5. The third-order valence-corrected chi connectivity index (χ3v) is 6.02. The zero-order valence-electron chi connectivity index (χ0n) is 15.9. The van der Waals surface area contributed by atoms with Crippen LogP contribution in [0.25, 0.3) is 11.4 Å². The van der Waals surface area contributed by atoms with E-state index in [-0.39, 0.29) is 5.91 Å². The molecule has 6 heteroatoms. The summed E-state index contributed by atoms with van der Waals surface area (Å²) >= 11 is 1.47. The van der Waals surface area contributed by atoms with Gasteiger partial charge in [0.1, 0.15) is 0 Å². The summed E-state index contributed by atoms with van der Waals surface area (Å²) in [6.45, 7) is 7.21. The minimum absolute atomic E-state index is 0.0946. The third-order valence-electron chi connectivity index (χ3n) is 5.05. The summed E-state index contributed by atoms with van der Waals surface area (Å²) in [5.41, 5.74) is 2.27. The molecule has 2 aromatic rings. The van der Waals surface area contributed by atoms with Crippen molar-refractivity contribution in [3.8, 4) is 11.4 Å². The molecule has 5 nitrogen and oxygen atoms in total. The lowest BCUT2D eigenvalue weighted by Crippen LogP contribution is -2.38. The van der Waals surface area contributed by atoms with Crippen molar-refractivity contribution >= 4 is 17.7 Å². The summed E-state index contributed by atoms with van der Waals surface area (Å²) in [6.07, 6.45) is 4.69. The van der Waals surface area contributed by atoms with E-state index in [1.54, 1.807) is 0 Å². The van der Waals surface area contributed by atoms with E-state index in [2.05, 4.69) is 53.0 Å². The fourth-order valence-corrected chi connectivity index (χ4v) is 4.48. The third kappa shape index (κ3) is 4.47. The Morgan fingerprint density at radius 2 is 2.12 bits per heavy atom. The Bertz CT molecular complexity index is 758. The van der Waals surface area contributed by atoms with E-state index in [9.17, 15) is 4.79 Å². The van der Waals surface area contributed by atoms with Gasteiger partial charge in [0.25, 0.3) is 0 Å². The monoisotopic (exact) mass is 372 g/mol. The molecule has 0 spiro atoms. The number of thioether (sulfide) groups is 1. The highest BCUT2D eigenvalue weighted by Crippen LogP contribution is 2.27. The standard InChI is InChI=1S/C20H28N4OS/c1-4-24-19(17-11-6-5-9-15(17)3)22-23-20(24)26-13-18(25)21-16-10-7-8-14(2)12-16/h5-6,9,11,14,16H,4,7-8,10,12-13H2,1-3H3,(H,21,25). The molecule has 0 bridgehead atoms. The predicted octanol–water partition coefficient (Wildman–Crippen LogP) is 4.06. The molecule has 1 saturated carbocycles. The Morgan fingerprint density at radius 3 is 2.85 bits per heavy atom. The van der Waals surface area contributed by atoms with Crippen molar-refractivity contribution in [2.75, 3.05) is 5.75 Å². The van der Waals surface area contributed by atoms with Crippen LogP contribution in [0, 0.1) is 12.8 Å². The molecule has 1 aromatic heterocycles. The number of aryl methyl sites for hydroxylation is 1. The van der Waals surface area contributed by atoms with E-state index in [0.29, 0.717) is 17.7 Å². The molecular weight excluding hydrogens is 344 g/mol. The zero-order chi connectivity index (χ0) is 18.5. The average Bonchev–Trinajstić information content (AvgIpc) is 3.03. The molecule has 3 rings (SSSR count). The number of carbonyl (C=O) groups is 1. The van der Waals surface area contributed by atoms with Crippen LogP contribution < -0.4 is 5.32 Å². The van der Waals surface area contributed by atoms with Gasteiger partial charge in [-0.05, 0) is 38.2 Å². The van der Waals surface area contributed by atoms with Crippen LogP contribution in [-0.2, 0) is 11.3 Å². The number of nitrogens with one attached hydrogen (secondary N) is 1. The first-order valence-electron chi connectivity index (χ1n) is 9.49. The molecule has 1 aliphatic rings. The smallest absolute Gasteiger partial charge is 0.230 e. The molecule has 1 aliphatic carbocycles. The predicted molar refractivity (Wildman–Crippen MR) is 106 cm³/mol. The Labute approximate surface area is 160 Å². The SMILES string of the molecule is CCn1c(SCC(=O)NC2CCCC(C)C2)nnc1-c1ccccc1C. The van der Waals surface area contributed by atoms with Crippen molar-refractivity contribution in [1.29, 1.82) is 0 Å². The summed E-state index contributed by atoms with van der Waals surface area (Å²) < 4.78 is 2.09. The molecule has 1 fully saturated rings. The molecule has 0 aliphatic heterocycles. The Hall–Kier alpha value is -1.82. The first-order chi connectivity index (χ1) is 12.6. The van der Waals surface area contributed by atoms with E-state index < -0.39 is 0 Å². The van der Waals surface area contributed by atoms with Crippen LogP contribution in [-0.4, -0.2) is 32.5 Å². The van der Waals surface area contributed by atoms with Crippen LogP contribution in [0.1, 0.15) is 45.1 Å². The maximum Gasteiger partial charge on any atom is 0.230 e. The van der Waals surface area contributed by atoms with Crippen LogP contribution >= 0.6 is 11.8 Å². The van der Waals surface area contributed by atoms with Gasteiger partial charge in [-0.2, -0.15) is 0 Å². The van der Waals surface area contributed by atoms with E-state index in [1.165, 1.54) is 30.2 Å². The summed E-state index contributed by atoms with van der Waals surface area (Å²) in [4.78, 5) is 12.3. The van der Waals surface area contributed by atoms with Crippen molar-refractivity contribution in [1.82, 2.24) is 20.1 Å². The zero-order valence-corrected chi connectivity index (χ0v) is 16.7. The van der Waals surface area contributed by atoms with Crippen molar-refractivity contribution in [2.45, 2.75) is 64.2 Å². The van der Waals surface area contributed by atoms with Crippen LogP contribution in [0.5, 0.6) is 0 Å². The lowest BCUT2D eigenvalue weighted by molar-refractivity contribution is -0.119. The topological polar surface area (TPSA) is 59.8 Å². The molecule has 2 unspecified atom stereocenters. The number of amides is 1. The summed E-state index contributed by atoms with van der Waals surface area (Å²) in [5.74, 6) is 2.06. The number of aromatic nitrogens is 3. The molecule has 1 amide bonds. The number of hydrogen-bond donors (Lipinski definition) is 1. The second-order valence-electron chi connectivity index (χ2n) is 7.19. The van der Waals surface area contributed by atoms with Gasteiger partial charge in [-0.1, -0.05) is 55.8 Å². The Morgan fingerprint density at radius 1 is 1.31 bits per heavy atom. The molecular formula is C20H28N4OS. The lowest BCUT2D eigenvalue weighted by atomic mass is 9.87. The first kappa shape index (κ1) is 19.0. The lowest BCUT2D eigenvalue weighted by Gasteiger charge is -2.27. The van der Waals surface area contributed by atoms with Gasteiger partial charge in [0.05, 0.1) is 5.75 Å². The van der Waals surface area contributed by atoms with Crippen molar-refractivity contribution in [3.05, 3.63) is 29.8 Å². The van der Waals surface area contributed by atoms with Crippen LogP contribution in [0.15, 0.2) is 29.4 Å². The number of carbonyl (C=O) groups excluding carboxylic acids is 1. The van der Waals surface area contributed by atoms with E-state index in [0.717, 1.165) is 35.9 Å². The fourth-order valence-electron chi connectivity index (χ4n) is 3.67. The van der Waals surface area contributed by atoms with Gasteiger partial charge >= 0.3 is 0 Å². The summed E-state index contributed by atoms with van der Waals surface area (Å²) in [6, 6.07) is 8.52. The molecule has 1 aromatic carbocycles. The van der Waals surface area contributed by atoms with Gasteiger partial charge < -0.3 is 9.88 Å². The summed E-state index contributed by atoms with van der Waals surface area (Å²) in [7, 11) is 0. The Kier molecular flexibility index (Phi) is 6.35. The number of hydrogen-bond acceptors (Lipinski definition) is 4. The van der Waals surface area contributed by atoms with Gasteiger partial charge in [0, 0.05) is 18.2 Å². The highest BCUT2D eigenvalue weighted by atomic mass is 32.2. The quantitative estimate of drug-likeness (QED) is 0.777. The number of rotatable bonds is 6. The molecule has 0 radical (unpaired) electrons. The molecule has 2 atom stereocenters. The van der Waals surface area contributed by atoms with Crippen LogP contribution in [0.3, 0.4) is 0 Å². The highest BCUT2D eigenvalue weighted by molar-refractivity contribution is 7.99. The van der Waals surface area contributed by atoms with E-state index >= 15 is 0 Å². The van der Waals surface area contributed by atoms with Crippen molar-refractivity contribution in [3.63, 3.8) is 0 Å². The molecule has 1 heterocycles. The minimum atomic E-state index is 0.0946. The Balaban J connectivity index is 1.63. The highest BCUT2D eigenvalue weighted by Gasteiger charge is 2.21. The average molecular weight is 373 g/mol. The second-order valence-corrected chi connectivity index (χ2v) is 8.13. The van der Waals surface area contributed by atoms with Gasteiger partial charge in [0.15, 0.2) is 11.0 Å². The molecule has 1 N–H and O–H groups in total. The minimum Gasteiger partial charge on any atom is -0.353 e. The molecule has 140 valence electrons. The van der Waals surface area contributed by atoms with Crippen LogP contribution in [0.2, 0.25) is 0 Å².